The molecule has 3 aromatic rings. The highest BCUT2D eigenvalue weighted by molar-refractivity contribution is 7.86. The van der Waals surface area contributed by atoms with E-state index in [1.807, 2.05) is 6.07 Å². The first-order valence-corrected chi connectivity index (χ1v) is 7.01. The summed E-state index contributed by atoms with van der Waals surface area (Å²) in [6.07, 6.45) is 1.56. The van der Waals surface area contributed by atoms with Gasteiger partial charge in [0.05, 0.1) is 5.69 Å². The standard InChI is InChI=1S/C13H10N2O3S/c16-19(17,18)12-10-7-4-8-14-13(10)15-11(12)9-5-2-1-3-6-9/h1-8H,(H,14,15)(H,16,17,18). The summed E-state index contributed by atoms with van der Waals surface area (Å²) in [4.78, 5) is 6.87. The number of pyridine rings is 1. The molecule has 0 bridgehead atoms. The van der Waals surface area contributed by atoms with Gasteiger partial charge in [-0.15, -0.1) is 0 Å². The molecular formula is C13H10N2O3S. The van der Waals surface area contributed by atoms with Crippen LogP contribution in [0, 0.1) is 0 Å². The van der Waals surface area contributed by atoms with Gasteiger partial charge in [0, 0.05) is 11.6 Å². The summed E-state index contributed by atoms with van der Waals surface area (Å²) >= 11 is 0. The predicted molar refractivity (Wildman–Crippen MR) is 71.3 cm³/mol. The van der Waals surface area contributed by atoms with Gasteiger partial charge < -0.3 is 4.98 Å². The predicted octanol–water partition coefficient (Wildman–Crippen LogP) is 2.48. The molecule has 0 atom stereocenters. The van der Waals surface area contributed by atoms with Crippen LogP contribution in [0.15, 0.2) is 53.6 Å². The topological polar surface area (TPSA) is 83.0 Å². The largest absolute Gasteiger partial charge is 0.338 e. The lowest BCUT2D eigenvalue weighted by Gasteiger charge is -2.01. The van der Waals surface area contributed by atoms with Crippen LogP contribution in [0.4, 0.5) is 0 Å². The van der Waals surface area contributed by atoms with E-state index in [-0.39, 0.29) is 4.90 Å². The average Bonchev–Trinajstić information content (AvgIpc) is 2.79. The molecule has 0 saturated heterocycles. The number of aromatic nitrogens is 2. The van der Waals surface area contributed by atoms with Crippen LogP contribution in [0.5, 0.6) is 0 Å². The van der Waals surface area contributed by atoms with Crippen LogP contribution in [0.3, 0.4) is 0 Å². The van der Waals surface area contributed by atoms with Crippen molar-refractivity contribution >= 4 is 21.2 Å². The first-order valence-electron chi connectivity index (χ1n) is 5.57. The van der Waals surface area contributed by atoms with Gasteiger partial charge in [-0.05, 0) is 17.7 Å². The maximum Gasteiger partial charge on any atom is 0.297 e. The number of hydrogen-bond acceptors (Lipinski definition) is 3. The number of nitrogens with one attached hydrogen (secondary N) is 1. The van der Waals surface area contributed by atoms with Gasteiger partial charge >= 0.3 is 0 Å². The van der Waals surface area contributed by atoms with Gasteiger partial charge in [-0.3, -0.25) is 4.55 Å². The number of nitrogens with zero attached hydrogens (tertiary/aromatic N) is 1. The molecule has 0 spiro atoms. The van der Waals surface area contributed by atoms with E-state index in [4.69, 9.17) is 0 Å². The van der Waals surface area contributed by atoms with Crippen molar-refractivity contribution in [2.24, 2.45) is 0 Å². The fourth-order valence-electron chi connectivity index (χ4n) is 2.07. The van der Waals surface area contributed by atoms with E-state index >= 15 is 0 Å². The first-order chi connectivity index (χ1) is 9.07. The summed E-state index contributed by atoms with van der Waals surface area (Å²) in [5.41, 5.74) is 1.44. The molecule has 2 aromatic heterocycles. The maximum absolute atomic E-state index is 11.6. The lowest BCUT2D eigenvalue weighted by Crippen LogP contribution is -1.99. The van der Waals surface area contributed by atoms with E-state index in [1.165, 1.54) is 0 Å². The van der Waals surface area contributed by atoms with Gasteiger partial charge in [0.1, 0.15) is 10.5 Å². The van der Waals surface area contributed by atoms with Gasteiger partial charge in [0.2, 0.25) is 0 Å². The number of hydrogen-bond donors (Lipinski definition) is 2. The molecule has 96 valence electrons. The Kier molecular flexibility index (Phi) is 2.62. The van der Waals surface area contributed by atoms with Gasteiger partial charge in [-0.1, -0.05) is 30.3 Å². The van der Waals surface area contributed by atoms with Crippen molar-refractivity contribution in [3.05, 3.63) is 48.7 Å². The van der Waals surface area contributed by atoms with Gasteiger partial charge in [-0.25, -0.2) is 4.98 Å². The van der Waals surface area contributed by atoms with E-state index in [0.717, 1.165) is 0 Å². The lowest BCUT2D eigenvalue weighted by atomic mass is 10.1. The Balaban J connectivity index is 2.43. The summed E-state index contributed by atoms with van der Waals surface area (Å²) in [5, 5.41) is 0.379. The second kappa shape index (κ2) is 4.18. The molecule has 0 radical (unpaired) electrons. The van der Waals surface area contributed by atoms with E-state index in [0.29, 0.717) is 22.3 Å². The van der Waals surface area contributed by atoms with Gasteiger partial charge in [-0.2, -0.15) is 8.42 Å². The van der Waals surface area contributed by atoms with Crippen LogP contribution in [0.25, 0.3) is 22.3 Å². The van der Waals surface area contributed by atoms with Crippen LogP contribution in [-0.4, -0.2) is 22.9 Å². The molecule has 19 heavy (non-hydrogen) atoms. The van der Waals surface area contributed by atoms with E-state index in [1.54, 1.807) is 42.6 Å². The van der Waals surface area contributed by atoms with Crippen molar-refractivity contribution < 1.29 is 13.0 Å². The van der Waals surface area contributed by atoms with Gasteiger partial charge in [0.25, 0.3) is 10.1 Å². The molecule has 3 rings (SSSR count). The molecule has 5 nitrogen and oxygen atoms in total. The van der Waals surface area contributed by atoms with Crippen LogP contribution in [0.2, 0.25) is 0 Å². The van der Waals surface area contributed by atoms with Crippen LogP contribution >= 0.6 is 0 Å². The van der Waals surface area contributed by atoms with Gasteiger partial charge in [0.15, 0.2) is 0 Å². The minimum Gasteiger partial charge on any atom is -0.338 e. The molecule has 1 aromatic carbocycles. The monoisotopic (exact) mass is 274 g/mol. The number of rotatable bonds is 2. The molecular weight excluding hydrogens is 264 g/mol. The Morgan fingerprint density at radius 3 is 2.47 bits per heavy atom. The van der Waals surface area contributed by atoms with Crippen LogP contribution in [-0.2, 0) is 10.1 Å². The molecule has 0 fully saturated rings. The zero-order valence-corrected chi connectivity index (χ0v) is 10.6. The number of fused-ring (bicyclic) bond motifs is 1. The smallest absolute Gasteiger partial charge is 0.297 e. The fraction of sp³-hybridized carbons (Fsp3) is 0. The third kappa shape index (κ3) is 2.00. The lowest BCUT2D eigenvalue weighted by molar-refractivity contribution is 0.484. The summed E-state index contributed by atoms with van der Waals surface area (Å²) < 4.78 is 32.7. The molecule has 0 aliphatic rings. The second-order valence-corrected chi connectivity index (χ2v) is 5.43. The fourth-order valence-corrected chi connectivity index (χ4v) is 2.94. The van der Waals surface area contributed by atoms with Crippen molar-refractivity contribution in [3.63, 3.8) is 0 Å². The molecule has 0 unspecified atom stereocenters. The third-order valence-electron chi connectivity index (χ3n) is 2.84. The summed E-state index contributed by atoms with van der Waals surface area (Å²) in [6, 6.07) is 12.2. The zero-order valence-electron chi connectivity index (χ0n) is 9.74. The van der Waals surface area contributed by atoms with Crippen molar-refractivity contribution in [3.8, 4) is 11.3 Å². The molecule has 2 heterocycles. The van der Waals surface area contributed by atoms with Crippen molar-refractivity contribution in [2.75, 3.05) is 0 Å². The quantitative estimate of drug-likeness (QED) is 0.703. The molecule has 0 aliphatic heterocycles. The van der Waals surface area contributed by atoms with Crippen LogP contribution in [0.1, 0.15) is 0 Å². The summed E-state index contributed by atoms with van der Waals surface area (Å²) in [6.45, 7) is 0. The molecule has 6 heteroatoms. The van der Waals surface area contributed by atoms with E-state index < -0.39 is 10.1 Å². The highest BCUT2D eigenvalue weighted by atomic mass is 32.2. The average molecular weight is 274 g/mol. The molecule has 0 amide bonds. The highest BCUT2D eigenvalue weighted by Crippen LogP contribution is 2.32. The van der Waals surface area contributed by atoms with Crippen molar-refractivity contribution in [2.45, 2.75) is 4.90 Å². The zero-order chi connectivity index (χ0) is 13.5. The second-order valence-electron chi connectivity index (χ2n) is 4.07. The number of H-pyrrole nitrogens is 1. The van der Waals surface area contributed by atoms with E-state index in [2.05, 4.69) is 9.97 Å². The normalized spacial score (nSPS) is 11.8. The Morgan fingerprint density at radius 2 is 1.79 bits per heavy atom. The Morgan fingerprint density at radius 1 is 1.05 bits per heavy atom. The maximum atomic E-state index is 11.6. The number of benzene rings is 1. The molecule has 0 aliphatic carbocycles. The van der Waals surface area contributed by atoms with Crippen molar-refractivity contribution in [1.29, 1.82) is 0 Å². The SMILES string of the molecule is O=S(=O)(O)c1c(-c2ccccc2)[nH]c2ncccc12. The minimum atomic E-state index is -4.34. The Bertz CT molecular complexity index is 839. The third-order valence-corrected chi connectivity index (χ3v) is 3.78. The Labute approximate surface area is 109 Å². The molecule has 2 N–H and O–H groups in total. The summed E-state index contributed by atoms with van der Waals surface area (Å²) in [7, 11) is -4.34. The Hall–Kier alpha value is -2.18. The number of aromatic amines is 1. The molecule has 0 saturated carbocycles. The summed E-state index contributed by atoms with van der Waals surface area (Å²) in [5.74, 6) is 0. The highest BCUT2D eigenvalue weighted by Gasteiger charge is 2.23. The van der Waals surface area contributed by atoms with Crippen molar-refractivity contribution in [1.82, 2.24) is 9.97 Å². The van der Waals surface area contributed by atoms with E-state index in [9.17, 15) is 13.0 Å². The minimum absolute atomic E-state index is 0.137. The van der Waals surface area contributed by atoms with Crippen LogP contribution < -0.4 is 0 Å². The first kappa shape index (κ1) is 11.9.